The van der Waals surface area contributed by atoms with Crippen molar-refractivity contribution in [3.05, 3.63) is 60.2 Å². The maximum atomic E-state index is 12.5. The van der Waals surface area contributed by atoms with Gasteiger partial charge in [-0.25, -0.2) is 4.79 Å². The summed E-state index contributed by atoms with van der Waals surface area (Å²) in [6.07, 6.45) is 4.10. The Morgan fingerprint density at radius 2 is 1.57 bits per heavy atom. The van der Waals surface area contributed by atoms with Crippen LogP contribution in [-0.2, 0) is 4.79 Å². The van der Waals surface area contributed by atoms with Gasteiger partial charge >= 0.3 is 6.03 Å². The Hall–Kier alpha value is -3.35. The minimum atomic E-state index is -0.478. The molecule has 0 bridgehead atoms. The van der Waals surface area contributed by atoms with Crippen molar-refractivity contribution >= 4 is 29.2 Å². The molecule has 1 saturated carbocycles. The lowest BCUT2D eigenvalue weighted by molar-refractivity contribution is -0.118. The number of carbonyl (C=O) groups excluding carboxylic acids is 3. The van der Waals surface area contributed by atoms with E-state index in [0.29, 0.717) is 16.9 Å². The van der Waals surface area contributed by atoms with Crippen LogP contribution >= 0.6 is 0 Å². The van der Waals surface area contributed by atoms with E-state index < -0.39 is 11.9 Å². The molecule has 0 spiro atoms. The molecule has 146 valence electrons. The number of imide groups is 1. The number of amides is 4. The van der Waals surface area contributed by atoms with Gasteiger partial charge in [0.1, 0.15) is 0 Å². The van der Waals surface area contributed by atoms with Gasteiger partial charge in [-0.3, -0.25) is 14.9 Å². The molecule has 2 aromatic rings. The standard InChI is InChI=1S/C21H24N4O3/c26-19(25-21(28)24-16-10-4-5-11-16)14-22-18-13-7-6-12-17(18)20(27)23-15-8-2-1-3-9-15/h1-3,6-9,12-13,16,22H,4-5,10-11,14H2,(H,23,27)(H2,24,25,26,28). The summed E-state index contributed by atoms with van der Waals surface area (Å²) < 4.78 is 0. The van der Waals surface area contributed by atoms with Crippen LogP contribution in [-0.4, -0.2) is 30.4 Å². The highest BCUT2D eigenvalue weighted by Crippen LogP contribution is 2.18. The average molecular weight is 380 g/mol. The highest BCUT2D eigenvalue weighted by Gasteiger charge is 2.18. The molecule has 1 fully saturated rings. The normalized spacial score (nSPS) is 13.6. The number of hydrogen-bond donors (Lipinski definition) is 4. The fourth-order valence-corrected chi connectivity index (χ4v) is 3.19. The lowest BCUT2D eigenvalue weighted by Gasteiger charge is -2.14. The van der Waals surface area contributed by atoms with Gasteiger partial charge in [0.25, 0.3) is 5.91 Å². The summed E-state index contributed by atoms with van der Waals surface area (Å²) in [7, 11) is 0. The van der Waals surface area contributed by atoms with Gasteiger partial charge in [0.15, 0.2) is 0 Å². The van der Waals surface area contributed by atoms with E-state index in [1.54, 1.807) is 36.4 Å². The first-order valence-corrected chi connectivity index (χ1v) is 9.41. The van der Waals surface area contributed by atoms with Gasteiger partial charge in [0.05, 0.1) is 12.1 Å². The Kier molecular flexibility index (Phi) is 6.62. The number of rotatable bonds is 6. The molecule has 0 saturated heterocycles. The van der Waals surface area contributed by atoms with Gasteiger partial charge in [-0.1, -0.05) is 43.2 Å². The van der Waals surface area contributed by atoms with Gasteiger partial charge in [-0.2, -0.15) is 0 Å². The summed E-state index contributed by atoms with van der Waals surface area (Å²) in [5.74, 6) is -0.748. The highest BCUT2D eigenvalue weighted by atomic mass is 16.2. The second-order valence-corrected chi connectivity index (χ2v) is 6.72. The summed E-state index contributed by atoms with van der Waals surface area (Å²) in [6.45, 7) is -0.117. The lowest BCUT2D eigenvalue weighted by Crippen LogP contribution is -2.45. The third-order valence-corrected chi connectivity index (χ3v) is 4.59. The molecule has 7 nitrogen and oxygen atoms in total. The molecule has 0 unspecified atom stereocenters. The van der Waals surface area contributed by atoms with Gasteiger partial charge in [-0.05, 0) is 37.1 Å². The summed E-state index contributed by atoms with van der Waals surface area (Å²) in [5.41, 5.74) is 1.61. The monoisotopic (exact) mass is 380 g/mol. The van der Waals surface area contributed by atoms with Crippen LogP contribution in [0, 0.1) is 0 Å². The fourth-order valence-electron chi connectivity index (χ4n) is 3.19. The fraction of sp³-hybridized carbons (Fsp3) is 0.286. The highest BCUT2D eigenvalue weighted by molar-refractivity contribution is 6.08. The van der Waals surface area contributed by atoms with E-state index in [4.69, 9.17) is 0 Å². The van der Waals surface area contributed by atoms with Crippen molar-refractivity contribution < 1.29 is 14.4 Å². The quantitative estimate of drug-likeness (QED) is 0.619. The van der Waals surface area contributed by atoms with Crippen LogP contribution in [0.4, 0.5) is 16.2 Å². The first-order valence-electron chi connectivity index (χ1n) is 9.41. The van der Waals surface area contributed by atoms with Gasteiger partial charge in [0.2, 0.25) is 5.91 Å². The Labute approximate surface area is 163 Å². The summed E-state index contributed by atoms with van der Waals surface area (Å²) >= 11 is 0. The summed E-state index contributed by atoms with van der Waals surface area (Å²) in [5, 5.41) is 10.9. The third kappa shape index (κ3) is 5.57. The molecule has 0 aromatic heterocycles. The topological polar surface area (TPSA) is 99.3 Å². The predicted molar refractivity (Wildman–Crippen MR) is 108 cm³/mol. The minimum absolute atomic E-state index is 0.117. The van der Waals surface area contributed by atoms with E-state index in [-0.39, 0.29) is 18.5 Å². The number of urea groups is 1. The van der Waals surface area contributed by atoms with E-state index in [9.17, 15) is 14.4 Å². The second-order valence-electron chi connectivity index (χ2n) is 6.72. The van der Waals surface area contributed by atoms with Crippen molar-refractivity contribution in [2.75, 3.05) is 17.2 Å². The maximum absolute atomic E-state index is 12.5. The van der Waals surface area contributed by atoms with Gasteiger partial charge in [0, 0.05) is 17.4 Å². The second kappa shape index (κ2) is 9.55. The molecule has 0 aliphatic heterocycles. The van der Waals surface area contributed by atoms with Crippen LogP contribution in [0.5, 0.6) is 0 Å². The van der Waals surface area contributed by atoms with E-state index in [2.05, 4.69) is 21.3 Å². The zero-order chi connectivity index (χ0) is 19.8. The number of hydrogen-bond acceptors (Lipinski definition) is 4. The number of carbonyl (C=O) groups is 3. The Morgan fingerprint density at radius 3 is 2.32 bits per heavy atom. The van der Waals surface area contributed by atoms with Crippen LogP contribution in [0.25, 0.3) is 0 Å². The molecule has 2 aromatic carbocycles. The first-order chi connectivity index (χ1) is 13.6. The molecular weight excluding hydrogens is 356 g/mol. The molecule has 1 aliphatic carbocycles. The van der Waals surface area contributed by atoms with Crippen LogP contribution in [0.3, 0.4) is 0 Å². The number of nitrogens with one attached hydrogen (secondary N) is 4. The average Bonchev–Trinajstić information content (AvgIpc) is 3.20. The number of para-hydroxylation sites is 2. The Morgan fingerprint density at radius 1 is 0.893 bits per heavy atom. The van der Waals surface area contributed by atoms with Crippen LogP contribution in [0.1, 0.15) is 36.0 Å². The van der Waals surface area contributed by atoms with E-state index >= 15 is 0 Å². The molecule has 4 N–H and O–H groups in total. The molecular formula is C21H24N4O3. The van der Waals surface area contributed by atoms with E-state index in [1.807, 2.05) is 18.2 Å². The van der Waals surface area contributed by atoms with Crippen LogP contribution < -0.4 is 21.3 Å². The Bertz CT molecular complexity index is 833. The lowest BCUT2D eigenvalue weighted by atomic mass is 10.1. The summed E-state index contributed by atoms with van der Waals surface area (Å²) in [6, 6.07) is 15.7. The maximum Gasteiger partial charge on any atom is 0.321 e. The van der Waals surface area contributed by atoms with Crippen molar-refractivity contribution in [3.8, 4) is 0 Å². The molecule has 4 amide bonds. The molecule has 0 atom stereocenters. The zero-order valence-corrected chi connectivity index (χ0v) is 15.5. The van der Waals surface area contributed by atoms with Crippen molar-refractivity contribution in [1.29, 1.82) is 0 Å². The third-order valence-electron chi connectivity index (χ3n) is 4.59. The van der Waals surface area contributed by atoms with E-state index in [1.165, 1.54) is 0 Å². The molecule has 7 heteroatoms. The molecule has 3 rings (SSSR count). The molecule has 0 radical (unpaired) electrons. The van der Waals surface area contributed by atoms with Crippen LogP contribution in [0.15, 0.2) is 54.6 Å². The van der Waals surface area contributed by atoms with Crippen molar-refractivity contribution in [2.45, 2.75) is 31.7 Å². The largest absolute Gasteiger partial charge is 0.375 e. The number of benzene rings is 2. The smallest absolute Gasteiger partial charge is 0.321 e. The van der Waals surface area contributed by atoms with Crippen molar-refractivity contribution in [1.82, 2.24) is 10.6 Å². The van der Waals surface area contributed by atoms with Crippen molar-refractivity contribution in [3.63, 3.8) is 0 Å². The molecule has 1 aliphatic rings. The van der Waals surface area contributed by atoms with E-state index in [0.717, 1.165) is 25.7 Å². The van der Waals surface area contributed by atoms with Gasteiger partial charge in [-0.15, -0.1) is 0 Å². The summed E-state index contributed by atoms with van der Waals surface area (Å²) in [4.78, 5) is 36.4. The minimum Gasteiger partial charge on any atom is -0.375 e. The predicted octanol–water partition coefficient (Wildman–Crippen LogP) is 3.12. The van der Waals surface area contributed by atoms with Gasteiger partial charge < -0.3 is 16.0 Å². The van der Waals surface area contributed by atoms with Crippen LogP contribution in [0.2, 0.25) is 0 Å². The SMILES string of the molecule is O=C(CNc1ccccc1C(=O)Nc1ccccc1)NC(=O)NC1CCCC1. The van der Waals surface area contributed by atoms with Crippen molar-refractivity contribution in [2.24, 2.45) is 0 Å². The molecule has 28 heavy (non-hydrogen) atoms. The first kappa shape index (κ1) is 19.4. The number of anilines is 2. The Balaban J connectivity index is 1.53. The zero-order valence-electron chi connectivity index (χ0n) is 15.5. The molecule has 0 heterocycles.